The Bertz CT molecular complexity index is 791. The van der Waals surface area contributed by atoms with Crippen LogP contribution in [-0.2, 0) is 6.42 Å². The molecule has 0 aromatic heterocycles. The van der Waals surface area contributed by atoms with E-state index in [0.717, 1.165) is 35.2 Å². The van der Waals surface area contributed by atoms with E-state index in [1.807, 2.05) is 66.7 Å². The molecule has 1 N–H and O–H groups in total. The lowest BCUT2D eigenvalue weighted by atomic mass is 10.1. The standard InChI is InChI=1S/C22H22ClNO2/c23-19-11-9-18(10-12-19)13-14-24-20-5-4-8-22(17-20)26-16-15-25-21-6-2-1-3-7-21/h1-12,17,24H,13-16H2. The van der Waals surface area contributed by atoms with Crippen LogP contribution in [0.5, 0.6) is 11.5 Å². The quantitative estimate of drug-likeness (QED) is 0.510. The molecule has 0 bridgehead atoms. The van der Waals surface area contributed by atoms with Crippen molar-refractivity contribution in [3.63, 3.8) is 0 Å². The number of benzene rings is 3. The Morgan fingerprint density at radius 3 is 2.19 bits per heavy atom. The molecule has 0 saturated heterocycles. The molecule has 0 amide bonds. The summed E-state index contributed by atoms with van der Waals surface area (Å²) in [7, 11) is 0. The molecule has 0 spiro atoms. The molecule has 0 heterocycles. The minimum Gasteiger partial charge on any atom is -0.490 e. The van der Waals surface area contributed by atoms with Crippen molar-refractivity contribution in [3.05, 3.63) is 89.4 Å². The van der Waals surface area contributed by atoms with Crippen LogP contribution in [0.25, 0.3) is 0 Å². The molecular weight excluding hydrogens is 346 g/mol. The fourth-order valence-electron chi connectivity index (χ4n) is 2.53. The van der Waals surface area contributed by atoms with Crippen LogP contribution in [-0.4, -0.2) is 19.8 Å². The van der Waals surface area contributed by atoms with E-state index in [1.54, 1.807) is 0 Å². The van der Waals surface area contributed by atoms with Gasteiger partial charge in [0.1, 0.15) is 24.7 Å². The van der Waals surface area contributed by atoms with Gasteiger partial charge in [-0.25, -0.2) is 0 Å². The van der Waals surface area contributed by atoms with E-state index in [1.165, 1.54) is 5.56 Å². The Morgan fingerprint density at radius 1 is 0.731 bits per heavy atom. The molecule has 0 aliphatic rings. The maximum absolute atomic E-state index is 5.91. The zero-order valence-corrected chi connectivity index (χ0v) is 15.3. The molecular formula is C22H22ClNO2. The second-order valence-corrected chi connectivity index (χ2v) is 6.28. The molecule has 0 radical (unpaired) electrons. The van der Waals surface area contributed by atoms with E-state index in [9.17, 15) is 0 Å². The first-order chi connectivity index (χ1) is 12.8. The summed E-state index contributed by atoms with van der Waals surface area (Å²) >= 11 is 5.91. The first kappa shape index (κ1) is 18.2. The molecule has 0 atom stereocenters. The van der Waals surface area contributed by atoms with Gasteiger partial charge in [0, 0.05) is 23.3 Å². The Hall–Kier alpha value is -2.65. The van der Waals surface area contributed by atoms with Gasteiger partial charge >= 0.3 is 0 Å². The van der Waals surface area contributed by atoms with Crippen molar-refractivity contribution < 1.29 is 9.47 Å². The average molecular weight is 368 g/mol. The molecule has 0 unspecified atom stereocenters. The summed E-state index contributed by atoms with van der Waals surface area (Å²) < 4.78 is 11.4. The molecule has 0 saturated carbocycles. The van der Waals surface area contributed by atoms with Gasteiger partial charge in [-0.1, -0.05) is 48.0 Å². The van der Waals surface area contributed by atoms with E-state index in [0.29, 0.717) is 13.2 Å². The highest BCUT2D eigenvalue weighted by molar-refractivity contribution is 6.30. The number of hydrogen-bond donors (Lipinski definition) is 1. The molecule has 3 rings (SSSR count). The summed E-state index contributed by atoms with van der Waals surface area (Å²) in [6.45, 7) is 1.86. The van der Waals surface area contributed by atoms with E-state index in [2.05, 4.69) is 17.4 Å². The summed E-state index contributed by atoms with van der Waals surface area (Å²) in [5, 5.41) is 4.19. The minimum absolute atomic E-state index is 0.503. The molecule has 3 aromatic rings. The number of rotatable bonds is 9. The lowest BCUT2D eigenvalue weighted by Crippen LogP contribution is -2.09. The van der Waals surface area contributed by atoms with Crippen molar-refractivity contribution in [1.29, 1.82) is 0 Å². The number of nitrogens with one attached hydrogen (secondary N) is 1. The van der Waals surface area contributed by atoms with Gasteiger partial charge in [-0.15, -0.1) is 0 Å². The van der Waals surface area contributed by atoms with Crippen molar-refractivity contribution in [1.82, 2.24) is 0 Å². The highest BCUT2D eigenvalue weighted by Crippen LogP contribution is 2.18. The topological polar surface area (TPSA) is 30.5 Å². The summed E-state index contributed by atoms with van der Waals surface area (Å²) in [4.78, 5) is 0. The Kier molecular flexibility index (Phi) is 6.80. The lowest BCUT2D eigenvalue weighted by molar-refractivity contribution is 0.217. The van der Waals surface area contributed by atoms with Crippen LogP contribution in [0.4, 0.5) is 5.69 Å². The zero-order valence-electron chi connectivity index (χ0n) is 14.5. The van der Waals surface area contributed by atoms with E-state index in [4.69, 9.17) is 21.1 Å². The molecule has 0 aliphatic heterocycles. The molecule has 3 nitrogen and oxygen atoms in total. The van der Waals surface area contributed by atoms with Gasteiger partial charge in [-0.05, 0) is 48.4 Å². The highest BCUT2D eigenvalue weighted by Gasteiger charge is 1.99. The van der Waals surface area contributed by atoms with Crippen LogP contribution in [0, 0.1) is 0 Å². The average Bonchev–Trinajstić information content (AvgIpc) is 2.68. The van der Waals surface area contributed by atoms with E-state index >= 15 is 0 Å². The molecule has 26 heavy (non-hydrogen) atoms. The largest absolute Gasteiger partial charge is 0.490 e. The predicted molar refractivity (Wildman–Crippen MR) is 108 cm³/mol. The summed E-state index contributed by atoms with van der Waals surface area (Å²) in [6, 6.07) is 25.7. The van der Waals surface area contributed by atoms with Crippen molar-refractivity contribution in [2.45, 2.75) is 6.42 Å². The monoisotopic (exact) mass is 367 g/mol. The lowest BCUT2D eigenvalue weighted by Gasteiger charge is -2.11. The Morgan fingerprint density at radius 2 is 1.42 bits per heavy atom. The van der Waals surface area contributed by atoms with Crippen LogP contribution >= 0.6 is 11.6 Å². The smallest absolute Gasteiger partial charge is 0.122 e. The number of halogens is 1. The van der Waals surface area contributed by atoms with Gasteiger partial charge in [0.2, 0.25) is 0 Å². The van der Waals surface area contributed by atoms with Crippen LogP contribution in [0.3, 0.4) is 0 Å². The van der Waals surface area contributed by atoms with Gasteiger partial charge in [0.05, 0.1) is 0 Å². The summed E-state index contributed by atoms with van der Waals surface area (Å²) in [5.41, 5.74) is 2.30. The highest BCUT2D eigenvalue weighted by atomic mass is 35.5. The van der Waals surface area contributed by atoms with Crippen LogP contribution in [0.2, 0.25) is 5.02 Å². The van der Waals surface area contributed by atoms with Gasteiger partial charge in [0.15, 0.2) is 0 Å². The van der Waals surface area contributed by atoms with Crippen LogP contribution < -0.4 is 14.8 Å². The van der Waals surface area contributed by atoms with Crippen LogP contribution in [0.15, 0.2) is 78.9 Å². The number of para-hydroxylation sites is 1. The van der Waals surface area contributed by atoms with Gasteiger partial charge in [-0.2, -0.15) is 0 Å². The number of hydrogen-bond acceptors (Lipinski definition) is 3. The van der Waals surface area contributed by atoms with Crippen molar-refractivity contribution in [3.8, 4) is 11.5 Å². The fraction of sp³-hybridized carbons (Fsp3) is 0.182. The molecule has 3 aromatic carbocycles. The summed E-state index contributed by atoms with van der Waals surface area (Å²) in [5.74, 6) is 1.69. The SMILES string of the molecule is Clc1ccc(CCNc2cccc(OCCOc3ccccc3)c2)cc1. The molecule has 134 valence electrons. The summed E-state index contributed by atoms with van der Waals surface area (Å²) in [6.07, 6.45) is 0.938. The second-order valence-electron chi connectivity index (χ2n) is 5.84. The molecule has 0 fully saturated rings. The number of anilines is 1. The zero-order chi connectivity index (χ0) is 18.0. The van der Waals surface area contributed by atoms with Crippen molar-refractivity contribution in [2.24, 2.45) is 0 Å². The van der Waals surface area contributed by atoms with E-state index < -0.39 is 0 Å². The minimum atomic E-state index is 0.503. The normalized spacial score (nSPS) is 10.3. The fourth-order valence-corrected chi connectivity index (χ4v) is 2.66. The van der Waals surface area contributed by atoms with Gasteiger partial charge in [-0.3, -0.25) is 0 Å². The third-order valence-electron chi connectivity index (χ3n) is 3.85. The third-order valence-corrected chi connectivity index (χ3v) is 4.11. The Labute approximate surface area is 159 Å². The van der Waals surface area contributed by atoms with Gasteiger partial charge in [0.25, 0.3) is 0 Å². The first-order valence-electron chi connectivity index (χ1n) is 8.69. The van der Waals surface area contributed by atoms with Gasteiger partial charge < -0.3 is 14.8 Å². The molecule has 0 aliphatic carbocycles. The maximum atomic E-state index is 5.91. The van der Waals surface area contributed by atoms with E-state index in [-0.39, 0.29) is 0 Å². The predicted octanol–water partition coefficient (Wildman–Crippen LogP) is 5.45. The second kappa shape index (κ2) is 9.73. The third kappa shape index (κ3) is 6.01. The first-order valence-corrected chi connectivity index (χ1v) is 9.06. The van der Waals surface area contributed by atoms with Crippen molar-refractivity contribution >= 4 is 17.3 Å². The maximum Gasteiger partial charge on any atom is 0.122 e. The number of ether oxygens (including phenoxy) is 2. The van der Waals surface area contributed by atoms with Crippen molar-refractivity contribution in [2.75, 3.05) is 25.1 Å². The molecule has 4 heteroatoms. The Balaban J connectivity index is 1.40. The van der Waals surface area contributed by atoms with Crippen LogP contribution in [0.1, 0.15) is 5.56 Å².